The van der Waals surface area contributed by atoms with Gasteiger partial charge in [0.25, 0.3) is 5.91 Å². The fraction of sp³-hybridized carbons (Fsp3) is 0.0588. The van der Waals surface area contributed by atoms with E-state index in [0.29, 0.717) is 5.39 Å². The molecular formula is C17H9F4NO4. The number of ether oxygens (including phenoxy) is 1. The van der Waals surface area contributed by atoms with Crippen LogP contribution in [-0.2, 0) is 0 Å². The highest BCUT2D eigenvalue weighted by Gasteiger charge is 2.30. The maximum Gasteiger partial charge on any atom is 0.336 e. The summed E-state index contributed by atoms with van der Waals surface area (Å²) < 4.78 is 64.5. The van der Waals surface area contributed by atoms with E-state index >= 15 is 0 Å². The van der Waals surface area contributed by atoms with Gasteiger partial charge < -0.3 is 14.5 Å². The maximum absolute atomic E-state index is 14.0. The van der Waals surface area contributed by atoms with E-state index in [4.69, 9.17) is 4.42 Å². The van der Waals surface area contributed by atoms with Crippen molar-refractivity contribution in [3.8, 4) is 5.75 Å². The molecule has 0 aliphatic heterocycles. The molecule has 0 aliphatic rings. The lowest BCUT2D eigenvalue weighted by molar-refractivity contribution is 0.101. The Labute approximate surface area is 142 Å². The number of nitrogens with one attached hydrogen (secondary N) is 1. The molecule has 0 unspecified atom stereocenters. The molecule has 3 aromatic rings. The Hall–Kier alpha value is -3.36. The lowest BCUT2D eigenvalue weighted by Crippen LogP contribution is -2.18. The zero-order valence-corrected chi connectivity index (χ0v) is 13.0. The fourth-order valence-electron chi connectivity index (χ4n) is 2.33. The molecule has 134 valence electrons. The van der Waals surface area contributed by atoms with Crippen molar-refractivity contribution in [1.82, 2.24) is 0 Å². The lowest BCUT2D eigenvalue weighted by atomic mass is 10.1. The number of carbonyl (C=O) groups is 1. The number of fused-ring (bicyclic) bond motifs is 1. The molecular weight excluding hydrogens is 358 g/mol. The number of anilines is 1. The average molecular weight is 367 g/mol. The van der Waals surface area contributed by atoms with Gasteiger partial charge in [-0.25, -0.2) is 13.6 Å². The van der Waals surface area contributed by atoms with E-state index in [0.717, 1.165) is 13.2 Å². The third-order valence-electron chi connectivity index (χ3n) is 3.53. The molecule has 0 fully saturated rings. The van der Waals surface area contributed by atoms with E-state index in [1.54, 1.807) is 0 Å². The molecule has 1 heterocycles. The van der Waals surface area contributed by atoms with Crippen LogP contribution in [0, 0.1) is 23.3 Å². The highest BCUT2D eigenvalue weighted by molar-refractivity contribution is 6.05. The van der Waals surface area contributed by atoms with Gasteiger partial charge in [-0.2, -0.15) is 8.78 Å². The Morgan fingerprint density at radius 2 is 1.65 bits per heavy atom. The van der Waals surface area contributed by atoms with E-state index in [1.807, 2.05) is 0 Å². The van der Waals surface area contributed by atoms with Crippen LogP contribution in [0.5, 0.6) is 5.75 Å². The molecule has 1 N–H and O–H groups in total. The maximum atomic E-state index is 14.0. The standard InChI is InChI=1S/C17H9F4NO4/c1-25-16-14(20)12(18)11(13(19)15(16)21)17(24)22-8-3-4-9-7(6-8)2-5-10(23)26-9/h2-6H,1H3,(H,22,24). The zero-order valence-electron chi connectivity index (χ0n) is 13.0. The zero-order chi connectivity index (χ0) is 19.0. The number of halogens is 4. The summed E-state index contributed by atoms with van der Waals surface area (Å²) in [6, 6.07) is 6.53. The van der Waals surface area contributed by atoms with Gasteiger partial charge in [-0.15, -0.1) is 0 Å². The first-order valence-corrected chi connectivity index (χ1v) is 7.08. The van der Waals surface area contributed by atoms with Gasteiger partial charge in [0.05, 0.1) is 7.11 Å². The average Bonchev–Trinajstić information content (AvgIpc) is 2.61. The molecule has 5 nitrogen and oxygen atoms in total. The highest BCUT2D eigenvalue weighted by atomic mass is 19.2. The van der Waals surface area contributed by atoms with Crippen LogP contribution >= 0.6 is 0 Å². The minimum absolute atomic E-state index is 0.0618. The van der Waals surface area contributed by atoms with Gasteiger partial charge >= 0.3 is 5.63 Å². The summed E-state index contributed by atoms with van der Waals surface area (Å²) in [6.45, 7) is 0. The number of benzene rings is 2. The Bertz CT molecular complexity index is 1070. The third-order valence-corrected chi connectivity index (χ3v) is 3.53. The predicted molar refractivity (Wildman–Crippen MR) is 83.3 cm³/mol. The van der Waals surface area contributed by atoms with Crippen LogP contribution in [0.25, 0.3) is 11.0 Å². The second-order valence-corrected chi connectivity index (χ2v) is 5.13. The van der Waals surface area contributed by atoms with Gasteiger partial charge in [0, 0.05) is 17.1 Å². The second kappa shape index (κ2) is 6.51. The van der Waals surface area contributed by atoms with Gasteiger partial charge in [0.2, 0.25) is 11.6 Å². The molecule has 0 saturated carbocycles. The Balaban J connectivity index is 2.01. The van der Waals surface area contributed by atoms with E-state index < -0.39 is 46.1 Å². The molecule has 9 heteroatoms. The molecule has 2 aromatic carbocycles. The Morgan fingerprint density at radius 3 is 2.27 bits per heavy atom. The minimum Gasteiger partial charge on any atom is -0.491 e. The number of amides is 1. The van der Waals surface area contributed by atoms with Crippen molar-refractivity contribution < 1.29 is 31.5 Å². The molecule has 26 heavy (non-hydrogen) atoms. The van der Waals surface area contributed by atoms with Crippen molar-refractivity contribution >= 4 is 22.6 Å². The summed E-state index contributed by atoms with van der Waals surface area (Å²) in [6.07, 6.45) is 0. The molecule has 1 amide bonds. The molecule has 1 aromatic heterocycles. The van der Waals surface area contributed by atoms with Crippen molar-refractivity contribution in [3.63, 3.8) is 0 Å². The van der Waals surface area contributed by atoms with Crippen LogP contribution in [0.15, 0.2) is 39.5 Å². The first-order valence-electron chi connectivity index (χ1n) is 7.08. The summed E-state index contributed by atoms with van der Waals surface area (Å²) in [4.78, 5) is 23.2. The van der Waals surface area contributed by atoms with Crippen LogP contribution in [-0.4, -0.2) is 13.0 Å². The molecule has 0 atom stereocenters. The lowest BCUT2D eigenvalue weighted by Gasteiger charge is -2.11. The van der Waals surface area contributed by atoms with Crippen molar-refractivity contribution in [2.24, 2.45) is 0 Å². The summed E-state index contributed by atoms with van der Waals surface area (Å²) >= 11 is 0. The van der Waals surface area contributed by atoms with Gasteiger partial charge in [0.1, 0.15) is 11.1 Å². The quantitative estimate of drug-likeness (QED) is 0.436. The Morgan fingerprint density at radius 1 is 1.00 bits per heavy atom. The van der Waals surface area contributed by atoms with Gasteiger partial charge in [0.15, 0.2) is 17.4 Å². The van der Waals surface area contributed by atoms with Gasteiger partial charge in [-0.3, -0.25) is 4.79 Å². The normalized spacial score (nSPS) is 10.8. The SMILES string of the molecule is COc1c(F)c(F)c(C(=O)Nc2ccc3oc(=O)ccc3c2)c(F)c1F. The van der Waals surface area contributed by atoms with E-state index in [1.165, 1.54) is 24.3 Å². The van der Waals surface area contributed by atoms with Crippen LogP contribution in [0.2, 0.25) is 0 Å². The minimum atomic E-state index is -1.88. The summed E-state index contributed by atoms with van der Waals surface area (Å²) in [5.74, 6) is -10.1. The number of hydrogen-bond donors (Lipinski definition) is 1. The largest absolute Gasteiger partial charge is 0.491 e. The highest BCUT2D eigenvalue weighted by Crippen LogP contribution is 2.30. The molecule has 0 radical (unpaired) electrons. The van der Waals surface area contributed by atoms with Crippen molar-refractivity contribution in [3.05, 3.63) is 69.6 Å². The van der Waals surface area contributed by atoms with Crippen LogP contribution < -0.4 is 15.7 Å². The first-order chi connectivity index (χ1) is 12.3. The number of rotatable bonds is 3. The van der Waals surface area contributed by atoms with Gasteiger partial charge in [-0.05, 0) is 24.3 Å². The Kier molecular flexibility index (Phi) is 4.37. The number of hydrogen-bond acceptors (Lipinski definition) is 4. The topological polar surface area (TPSA) is 68.5 Å². The van der Waals surface area contributed by atoms with E-state index in [-0.39, 0.29) is 11.3 Å². The monoisotopic (exact) mass is 367 g/mol. The molecule has 0 aliphatic carbocycles. The predicted octanol–water partition coefficient (Wildman–Crippen LogP) is 3.61. The van der Waals surface area contributed by atoms with Crippen molar-refractivity contribution in [1.29, 1.82) is 0 Å². The van der Waals surface area contributed by atoms with E-state index in [2.05, 4.69) is 10.1 Å². The van der Waals surface area contributed by atoms with Crippen molar-refractivity contribution in [2.45, 2.75) is 0 Å². The molecule has 0 spiro atoms. The molecule has 0 bridgehead atoms. The van der Waals surface area contributed by atoms with Crippen LogP contribution in [0.4, 0.5) is 23.2 Å². The molecule has 0 saturated heterocycles. The van der Waals surface area contributed by atoms with E-state index in [9.17, 15) is 27.2 Å². The number of carbonyl (C=O) groups excluding carboxylic acids is 1. The fourth-order valence-corrected chi connectivity index (χ4v) is 2.33. The third kappa shape index (κ3) is 2.87. The smallest absolute Gasteiger partial charge is 0.336 e. The summed E-state index contributed by atoms with van der Waals surface area (Å²) in [5.41, 5.74) is -1.73. The second-order valence-electron chi connectivity index (χ2n) is 5.13. The summed E-state index contributed by atoms with van der Waals surface area (Å²) in [5, 5.41) is 2.54. The first kappa shape index (κ1) is 17.5. The number of methoxy groups -OCH3 is 1. The molecule has 3 rings (SSSR count). The van der Waals surface area contributed by atoms with Crippen LogP contribution in [0.1, 0.15) is 10.4 Å². The van der Waals surface area contributed by atoms with Crippen LogP contribution in [0.3, 0.4) is 0 Å². The summed E-state index contributed by atoms with van der Waals surface area (Å²) in [7, 11) is 0.827. The van der Waals surface area contributed by atoms with Crippen molar-refractivity contribution in [2.75, 3.05) is 12.4 Å². The van der Waals surface area contributed by atoms with Gasteiger partial charge in [-0.1, -0.05) is 0 Å².